The number of hydrogen-bond donors (Lipinski definition) is 2. The van der Waals surface area contributed by atoms with Gasteiger partial charge in [0, 0.05) is 18.0 Å². The molecule has 1 aromatic heterocycles. The summed E-state index contributed by atoms with van der Waals surface area (Å²) < 4.78 is 38.7. The molecule has 7 heteroatoms. The van der Waals surface area contributed by atoms with Gasteiger partial charge in [-0.15, -0.1) is 0 Å². The van der Waals surface area contributed by atoms with Crippen molar-refractivity contribution in [2.24, 2.45) is 0 Å². The second-order valence-electron chi connectivity index (χ2n) is 4.32. The number of aliphatic hydroxyl groups is 1. The molecule has 0 saturated carbocycles. The summed E-state index contributed by atoms with van der Waals surface area (Å²) in [5, 5.41) is 18.2. The molecule has 1 aromatic carbocycles. The quantitative estimate of drug-likeness (QED) is 0.914. The number of halogens is 3. The highest BCUT2D eigenvalue weighted by atomic mass is 19.4. The van der Waals surface area contributed by atoms with Gasteiger partial charge in [0.15, 0.2) is 6.10 Å². The number of rotatable bonds is 3. The van der Waals surface area contributed by atoms with E-state index >= 15 is 0 Å². The Bertz CT molecular complexity index is 656. The SMILES string of the molecule is O=C(O)C(O)c1cc(-c2cccnc2)cc(C(F)(F)F)c1. The van der Waals surface area contributed by atoms with Gasteiger partial charge in [-0.05, 0) is 35.4 Å². The van der Waals surface area contributed by atoms with Gasteiger partial charge >= 0.3 is 12.1 Å². The predicted molar refractivity (Wildman–Crippen MR) is 67.3 cm³/mol. The molecule has 1 atom stereocenters. The molecular weight excluding hydrogens is 287 g/mol. The predicted octanol–water partition coefficient (Wildman–Crippen LogP) is 2.89. The van der Waals surface area contributed by atoms with E-state index in [9.17, 15) is 23.1 Å². The van der Waals surface area contributed by atoms with Crippen LogP contribution in [0, 0.1) is 0 Å². The first kappa shape index (κ1) is 15.0. The molecule has 0 bridgehead atoms. The molecule has 0 saturated heterocycles. The minimum Gasteiger partial charge on any atom is -0.479 e. The molecule has 0 fully saturated rings. The molecule has 1 heterocycles. The highest BCUT2D eigenvalue weighted by molar-refractivity contribution is 5.75. The third-order valence-electron chi connectivity index (χ3n) is 2.83. The first-order valence-corrected chi connectivity index (χ1v) is 5.82. The molecule has 21 heavy (non-hydrogen) atoms. The van der Waals surface area contributed by atoms with Crippen molar-refractivity contribution in [3.05, 3.63) is 53.9 Å². The third kappa shape index (κ3) is 3.38. The Hall–Kier alpha value is -2.41. The molecule has 110 valence electrons. The second-order valence-corrected chi connectivity index (χ2v) is 4.32. The molecular formula is C14H10F3NO3. The van der Waals surface area contributed by atoms with Gasteiger partial charge < -0.3 is 10.2 Å². The normalized spacial score (nSPS) is 13.0. The number of pyridine rings is 1. The van der Waals surface area contributed by atoms with E-state index in [-0.39, 0.29) is 11.1 Å². The van der Waals surface area contributed by atoms with Gasteiger partial charge in [-0.25, -0.2) is 4.79 Å². The minimum atomic E-state index is -4.65. The van der Waals surface area contributed by atoms with E-state index in [0.717, 1.165) is 6.07 Å². The highest BCUT2D eigenvalue weighted by Crippen LogP contribution is 2.34. The van der Waals surface area contributed by atoms with E-state index in [2.05, 4.69) is 4.98 Å². The van der Waals surface area contributed by atoms with Crippen LogP contribution in [0.2, 0.25) is 0 Å². The summed E-state index contributed by atoms with van der Waals surface area (Å²) in [5.74, 6) is -1.62. The Morgan fingerprint density at radius 1 is 1.19 bits per heavy atom. The van der Waals surface area contributed by atoms with Crippen LogP contribution in [0.3, 0.4) is 0 Å². The van der Waals surface area contributed by atoms with E-state index < -0.39 is 23.8 Å². The topological polar surface area (TPSA) is 70.4 Å². The summed E-state index contributed by atoms with van der Waals surface area (Å²) in [7, 11) is 0. The number of benzene rings is 1. The zero-order valence-corrected chi connectivity index (χ0v) is 10.5. The maximum Gasteiger partial charge on any atom is 0.416 e. The molecule has 0 aliphatic carbocycles. The Balaban J connectivity index is 2.61. The van der Waals surface area contributed by atoms with E-state index in [1.54, 1.807) is 12.1 Å². The molecule has 0 spiro atoms. The fourth-order valence-corrected chi connectivity index (χ4v) is 1.82. The first-order chi connectivity index (χ1) is 9.79. The van der Waals surface area contributed by atoms with Crippen LogP contribution in [0.5, 0.6) is 0 Å². The number of aliphatic carboxylic acids is 1. The molecule has 2 rings (SSSR count). The lowest BCUT2D eigenvalue weighted by atomic mass is 9.98. The number of carbonyl (C=O) groups is 1. The Morgan fingerprint density at radius 2 is 1.90 bits per heavy atom. The second kappa shape index (κ2) is 5.53. The number of aromatic nitrogens is 1. The molecule has 2 aromatic rings. The van der Waals surface area contributed by atoms with E-state index in [0.29, 0.717) is 11.6 Å². The molecule has 0 amide bonds. The average Bonchev–Trinajstić information content (AvgIpc) is 2.46. The van der Waals surface area contributed by atoms with Crippen LogP contribution in [0.1, 0.15) is 17.2 Å². The smallest absolute Gasteiger partial charge is 0.416 e. The van der Waals surface area contributed by atoms with Crippen molar-refractivity contribution < 1.29 is 28.2 Å². The first-order valence-electron chi connectivity index (χ1n) is 5.82. The van der Waals surface area contributed by atoms with Crippen LogP contribution in [0.25, 0.3) is 11.1 Å². The standard InChI is InChI=1S/C14H10F3NO3/c15-14(16,17)11-5-9(8-2-1-3-18-7-8)4-10(6-11)12(19)13(20)21/h1-7,12,19H,(H,20,21). The number of carboxylic acid groups (broad SMARTS) is 1. The van der Waals surface area contributed by atoms with Gasteiger partial charge in [0.05, 0.1) is 5.56 Å². The monoisotopic (exact) mass is 297 g/mol. The average molecular weight is 297 g/mol. The largest absolute Gasteiger partial charge is 0.479 e. The van der Waals surface area contributed by atoms with Crippen molar-refractivity contribution in [1.29, 1.82) is 0 Å². The molecule has 2 N–H and O–H groups in total. The molecule has 0 aliphatic rings. The van der Waals surface area contributed by atoms with Crippen LogP contribution < -0.4 is 0 Å². The van der Waals surface area contributed by atoms with Crippen LogP contribution in [0.15, 0.2) is 42.7 Å². The maximum absolute atomic E-state index is 12.9. The number of aliphatic hydroxyl groups excluding tert-OH is 1. The number of carboxylic acids is 1. The van der Waals surface area contributed by atoms with Crippen molar-refractivity contribution in [2.75, 3.05) is 0 Å². The Kier molecular flexibility index (Phi) is 3.95. The molecule has 4 nitrogen and oxygen atoms in total. The van der Waals surface area contributed by atoms with E-state index in [1.165, 1.54) is 18.5 Å². The van der Waals surface area contributed by atoms with Crippen LogP contribution in [-0.2, 0) is 11.0 Å². The summed E-state index contributed by atoms with van der Waals surface area (Å²) in [6, 6.07) is 5.79. The lowest BCUT2D eigenvalue weighted by molar-refractivity contribution is -0.147. The number of hydrogen-bond acceptors (Lipinski definition) is 3. The Labute approximate surface area is 117 Å². The fourth-order valence-electron chi connectivity index (χ4n) is 1.82. The van der Waals surface area contributed by atoms with Crippen molar-refractivity contribution in [1.82, 2.24) is 4.98 Å². The van der Waals surface area contributed by atoms with Crippen LogP contribution >= 0.6 is 0 Å². The summed E-state index contributed by atoms with van der Waals surface area (Å²) in [4.78, 5) is 14.6. The van der Waals surface area contributed by atoms with E-state index in [1.807, 2.05) is 0 Å². The van der Waals surface area contributed by atoms with Gasteiger partial charge in [-0.1, -0.05) is 6.07 Å². The van der Waals surface area contributed by atoms with Crippen LogP contribution in [0.4, 0.5) is 13.2 Å². The van der Waals surface area contributed by atoms with Crippen LogP contribution in [-0.4, -0.2) is 21.2 Å². The number of nitrogens with zero attached hydrogens (tertiary/aromatic N) is 1. The zero-order chi connectivity index (χ0) is 15.6. The van der Waals surface area contributed by atoms with Crippen molar-refractivity contribution in [2.45, 2.75) is 12.3 Å². The fraction of sp³-hybridized carbons (Fsp3) is 0.143. The van der Waals surface area contributed by atoms with Crippen molar-refractivity contribution in [3.63, 3.8) is 0 Å². The zero-order valence-electron chi connectivity index (χ0n) is 10.5. The summed E-state index contributed by atoms with van der Waals surface area (Å²) in [6.45, 7) is 0. The Morgan fingerprint density at radius 3 is 2.43 bits per heavy atom. The summed E-state index contributed by atoms with van der Waals surface area (Å²) >= 11 is 0. The summed E-state index contributed by atoms with van der Waals surface area (Å²) in [6.07, 6.45) is -3.86. The molecule has 0 radical (unpaired) electrons. The van der Waals surface area contributed by atoms with Gasteiger partial charge in [-0.2, -0.15) is 13.2 Å². The molecule has 1 unspecified atom stereocenters. The van der Waals surface area contributed by atoms with Gasteiger partial charge in [0.25, 0.3) is 0 Å². The maximum atomic E-state index is 12.9. The lowest BCUT2D eigenvalue weighted by Gasteiger charge is -2.14. The third-order valence-corrected chi connectivity index (χ3v) is 2.83. The van der Waals surface area contributed by atoms with E-state index in [4.69, 9.17) is 5.11 Å². The minimum absolute atomic E-state index is 0.133. The molecule has 0 aliphatic heterocycles. The van der Waals surface area contributed by atoms with Crippen molar-refractivity contribution >= 4 is 5.97 Å². The highest BCUT2D eigenvalue weighted by Gasteiger charge is 2.32. The summed E-state index contributed by atoms with van der Waals surface area (Å²) in [5.41, 5.74) is -0.842. The lowest BCUT2D eigenvalue weighted by Crippen LogP contribution is -2.13. The van der Waals surface area contributed by atoms with Gasteiger partial charge in [0.2, 0.25) is 0 Å². The van der Waals surface area contributed by atoms with Gasteiger partial charge in [-0.3, -0.25) is 4.98 Å². The number of alkyl halides is 3. The van der Waals surface area contributed by atoms with Crippen molar-refractivity contribution in [3.8, 4) is 11.1 Å². The van der Waals surface area contributed by atoms with Gasteiger partial charge in [0.1, 0.15) is 0 Å².